The zero-order valence-corrected chi connectivity index (χ0v) is 18.3. The van der Waals surface area contributed by atoms with Crippen molar-refractivity contribution < 1.29 is 26.4 Å². The zero-order chi connectivity index (χ0) is 23.4. The van der Waals surface area contributed by atoms with Gasteiger partial charge in [0.25, 0.3) is 0 Å². The number of halogens is 3. The third kappa shape index (κ3) is 5.43. The van der Waals surface area contributed by atoms with Crippen molar-refractivity contribution in [2.75, 3.05) is 13.1 Å². The first kappa shape index (κ1) is 23.0. The molecule has 1 aliphatic heterocycles. The summed E-state index contributed by atoms with van der Waals surface area (Å²) >= 11 is 0. The van der Waals surface area contributed by atoms with E-state index in [2.05, 4.69) is 5.16 Å². The maximum atomic E-state index is 13.5. The molecule has 172 valence electrons. The average Bonchev–Trinajstić information content (AvgIpc) is 2.82. The Bertz CT molecular complexity index is 1190. The van der Waals surface area contributed by atoms with Crippen LogP contribution in [-0.2, 0) is 14.9 Å². The summed E-state index contributed by atoms with van der Waals surface area (Å²) in [6.45, 7) is 0.359. The van der Waals surface area contributed by atoms with Crippen molar-refractivity contribution >= 4 is 15.7 Å². The molecule has 33 heavy (non-hydrogen) atoms. The van der Waals surface area contributed by atoms with Crippen molar-refractivity contribution in [3.05, 3.63) is 101 Å². The third-order valence-corrected chi connectivity index (χ3v) is 7.26. The Labute approximate surface area is 190 Å². The van der Waals surface area contributed by atoms with E-state index in [1.54, 1.807) is 24.3 Å². The van der Waals surface area contributed by atoms with E-state index in [1.807, 2.05) is 0 Å². The molecule has 1 fully saturated rings. The molecule has 0 aromatic heterocycles. The highest BCUT2D eigenvalue weighted by Gasteiger charge is 2.28. The highest BCUT2D eigenvalue weighted by molar-refractivity contribution is 7.89. The molecule has 1 heterocycles. The Morgan fingerprint density at radius 2 is 1.33 bits per heavy atom. The maximum absolute atomic E-state index is 13.5. The van der Waals surface area contributed by atoms with Gasteiger partial charge in [-0.15, -0.1) is 0 Å². The standard InChI is InChI=1S/C24H21F3N2O3S/c25-19-8-4-17(5-9-19)24(18-6-10-20(26)11-7-18)32-28-22-12-14-29(15-13-22)33(30,31)23-3-1-2-21(27)16-23/h1-11,16,24H,12-15H2. The Hall–Kier alpha value is -3.17. The zero-order valence-electron chi connectivity index (χ0n) is 17.5. The molecule has 0 bridgehead atoms. The second kappa shape index (κ2) is 9.76. The molecule has 0 atom stereocenters. The molecular formula is C24H21F3N2O3S. The van der Waals surface area contributed by atoms with E-state index in [0.29, 0.717) is 29.7 Å². The summed E-state index contributed by atoms with van der Waals surface area (Å²) in [6.07, 6.45) is -0.00452. The Morgan fingerprint density at radius 1 is 0.788 bits per heavy atom. The molecule has 3 aromatic rings. The molecule has 0 N–H and O–H groups in total. The summed E-state index contributed by atoms with van der Waals surface area (Å²) in [5.74, 6) is -1.40. The fraction of sp³-hybridized carbons (Fsp3) is 0.208. The van der Waals surface area contributed by atoms with E-state index in [4.69, 9.17) is 4.84 Å². The fourth-order valence-corrected chi connectivity index (χ4v) is 5.04. The smallest absolute Gasteiger partial charge is 0.243 e. The van der Waals surface area contributed by atoms with E-state index in [-0.39, 0.29) is 18.0 Å². The van der Waals surface area contributed by atoms with Gasteiger partial charge in [-0.1, -0.05) is 35.5 Å². The van der Waals surface area contributed by atoms with Crippen LogP contribution in [0.2, 0.25) is 0 Å². The summed E-state index contributed by atoms with van der Waals surface area (Å²) in [5.41, 5.74) is 1.94. The Kier molecular flexibility index (Phi) is 6.80. The van der Waals surface area contributed by atoms with Crippen LogP contribution in [0.3, 0.4) is 0 Å². The van der Waals surface area contributed by atoms with Gasteiger partial charge in [-0.25, -0.2) is 21.6 Å². The molecule has 5 nitrogen and oxygen atoms in total. The number of benzene rings is 3. The van der Waals surface area contributed by atoms with Gasteiger partial charge in [0, 0.05) is 25.9 Å². The first-order valence-electron chi connectivity index (χ1n) is 10.3. The minimum Gasteiger partial charge on any atom is -0.383 e. The SMILES string of the molecule is O=S(=O)(c1cccc(F)c1)N1CCC(=NOC(c2ccc(F)cc2)c2ccc(F)cc2)CC1. The van der Waals surface area contributed by atoms with E-state index < -0.39 is 33.6 Å². The van der Waals surface area contributed by atoms with Crippen LogP contribution in [0.25, 0.3) is 0 Å². The molecule has 0 radical (unpaired) electrons. The van der Waals surface area contributed by atoms with Gasteiger partial charge >= 0.3 is 0 Å². The predicted molar refractivity (Wildman–Crippen MR) is 118 cm³/mol. The fourth-order valence-electron chi connectivity index (χ4n) is 3.57. The van der Waals surface area contributed by atoms with E-state index in [1.165, 1.54) is 46.8 Å². The molecule has 4 rings (SSSR count). The largest absolute Gasteiger partial charge is 0.383 e. The second-order valence-corrected chi connectivity index (χ2v) is 9.55. The third-order valence-electron chi connectivity index (χ3n) is 5.37. The highest BCUT2D eigenvalue weighted by atomic mass is 32.2. The van der Waals surface area contributed by atoms with Crippen molar-refractivity contribution in [1.29, 1.82) is 0 Å². The number of hydrogen-bond donors (Lipinski definition) is 0. The first-order valence-corrected chi connectivity index (χ1v) is 11.7. The molecule has 9 heteroatoms. The van der Waals surface area contributed by atoms with Crippen molar-refractivity contribution in [1.82, 2.24) is 4.31 Å². The van der Waals surface area contributed by atoms with Crippen LogP contribution in [0.5, 0.6) is 0 Å². The highest BCUT2D eigenvalue weighted by Crippen LogP contribution is 2.28. The average molecular weight is 475 g/mol. The minimum absolute atomic E-state index is 0.0909. The monoisotopic (exact) mass is 474 g/mol. The van der Waals surface area contributed by atoms with Crippen molar-refractivity contribution in [2.45, 2.75) is 23.8 Å². The first-order chi connectivity index (χ1) is 15.8. The molecule has 0 amide bonds. The van der Waals surface area contributed by atoms with Crippen LogP contribution in [0.1, 0.15) is 30.1 Å². The summed E-state index contributed by atoms with van der Waals surface area (Å²) in [5, 5.41) is 4.23. The van der Waals surface area contributed by atoms with Crippen LogP contribution >= 0.6 is 0 Å². The van der Waals surface area contributed by atoms with Crippen molar-refractivity contribution in [2.24, 2.45) is 5.16 Å². The van der Waals surface area contributed by atoms with Crippen molar-refractivity contribution in [3.63, 3.8) is 0 Å². The van der Waals surface area contributed by atoms with Gasteiger partial charge in [-0.3, -0.25) is 0 Å². The number of oxime groups is 1. The van der Waals surface area contributed by atoms with E-state index >= 15 is 0 Å². The predicted octanol–water partition coefficient (Wildman–Crippen LogP) is 5.05. The van der Waals surface area contributed by atoms with Gasteiger partial charge in [0.1, 0.15) is 17.5 Å². The molecule has 3 aromatic carbocycles. The lowest BCUT2D eigenvalue weighted by Gasteiger charge is -2.27. The summed E-state index contributed by atoms with van der Waals surface area (Å²) in [4.78, 5) is 5.69. The Morgan fingerprint density at radius 3 is 1.85 bits per heavy atom. The van der Waals surface area contributed by atoms with Crippen LogP contribution in [0.4, 0.5) is 13.2 Å². The van der Waals surface area contributed by atoms with Crippen LogP contribution in [0, 0.1) is 17.5 Å². The molecule has 0 saturated carbocycles. The van der Waals surface area contributed by atoms with Gasteiger partial charge in [-0.2, -0.15) is 4.31 Å². The van der Waals surface area contributed by atoms with Gasteiger partial charge in [0.15, 0.2) is 6.10 Å². The number of rotatable bonds is 6. The summed E-state index contributed by atoms with van der Waals surface area (Å²) in [7, 11) is -3.81. The van der Waals surface area contributed by atoms with Crippen molar-refractivity contribution in [3.8, 4) is 0 Å². The lowest BCUT2D eigenvalue weighted by molar-refractivity contribution is 0.0855. The molecule has 0 unspecified atom stereocenters. The second-order valence-electron chi connectivity index (χ2n) is 7.61. The summed E-state index contributed by atoms with van der Waals surface area (Å²) < 4.78 is 67.0. The Balaban J connectivity index is 1.48. The molecule has 0 spiro atoms. The summed E-state index contributed by atoms with van der Waals surface area (Å²) in [6, 6.07) is 16.4. The lowest BCUT2D eigenvalue weighted by atomic mass is 10.0. The topological polar surface area (TPSA) is 59.0 Å². The molecule has 1 aliphatic rings. The van der Waals surface area contributed by atoms with E-state index in [0.717, 1.165) is 6.07 Å². The molecular weight excluding hydrogens is 453 g/mol. The molecule has 1 saturated heterocycles. The normalized spacial score (nSPS) is 15.0. The lowest BCUT2D eigenvalue weighted by Crippen LogP contribution is -2.38. The quantitative estimate of drug-likeness (QED) is 0.470. The van der Waals surface area contributed by atoms with Gasteiger partial charge in [-0.05, 0) is 53.6 Å². The van der Waals surface area contributed by atoms with Crippen LogP contribution in [0.15, 0.2) is 82.8 Å². The van der Waals surface area contributed by atoms with Gasteiger partial charge in [0.05, 0.1) is 10.6 Å². The van der Waals surface area contributed by atoms with E-state index in [9.17, 15) is 21.6 Å². The van der Waals surface area contributed by atoms with Gasteiger partial charge in [0.2, 0.25) is 10.0 Å². The van der Waals surface area contributed by atoms with Crippen LogP contribution < -0.4 is 0 Å². The molecule has 0 aliphatic carbocycles. The number of sulfonamides is 1. The maximum Gasteiger partial charge on any atom is 0.243 e. The minimum atomic E-state index is -3.81. The number of piperidine rings is 1. The van der Waals surface area contributed by atoms with Crippen LogP contribution in [-0.4, -0.2) is 31.5 Å². The number of nitrogens with zero attached hydrogens (tertiary/aromatic N) is 2. The van der Waals surface area contributed by atoms with Gasteiger partial charge < -0.3 is 4.84 Å². The number of hydrogen-bond acceptors (Lipinski definition) is 4.